The topological polar surface area (TPSA) is 81.9 Å². The van der Waals surface area contributed by atoms with Crippen LogP contribution in [0.4, 0.5) is 0 Å². The van der Waals surface area contributed by atoms with Crippen LogP contribution in [0.15, 0.2) is 18.6 Å². The average Bonchev–Trinajstić information content (AvgIpc) is 2.97. The molecule has 2 aromatic rings. The number of fused-ring (bicyclic) bond motifs is 2. The lowest BCUT2D eigenvalue weighted by molar-refractivity contribution is -0.0821. The summed E-state index contributed by atoms with van der Waals surface area (Å²) in [5, 5.41) is 10.0. The van der Waals surface area contributed by atoms with Gasteiger partial charge in [-0.25, -0.2) is 9.97 Å². The Morgan fingerprint density at radius 2 is 2.26 bits per heavy atom. The number of aliphatic hydroxyl groups is 1. The number of aromatic nitrogens is 3. The summed E-state index contributed by atoms with van der Waals surface area (Å²) >= 11 is 0. The third kappa shape index (κ3) is 1.49. The summed E-state index contributed by atoms with van der Waals surface area (Å²) < 4.78 is 18.4. The molecule has 0 aliphatic carbocycles. The van der Waals surface area contributed by atoms with E-state index in [9.17, 15) is 5.11 Å². The van der Waals surface area contributed by atoms with E-state index in [1.165, 1.54) is 6.33 Å². The maximum Gasteiger partial charge on any atom is 0.225 e. The van der Waals surface area contributed by atoms with Crippen molar-refractivity contribution in [1.82, 2.24) is 14.5 Å². The highest BCUT2D eigenvalue weighted by Crippen LogP contribution is 2.45. The smallest absolute Gasteiger partial charge is 0.225 e. The largest absolute Gasteiger partial charge is 0.480 e. The zero-order valence-electron chi connectivity index (χ0n) is 10.3. The monoisotopic (exact) mass is 263 g/mol. The molecule has 19 heavy (non-hydrogen) atoms. The first-order chi connectivity index (χ1) is 9.33. The van der Waals surface area contributed by atoms with Crippen molar-refractivity contribution in [3.8, 4) is 5.88 Å². The third-order valence-electron chi connectivity index (χ3n) is 3.64. The first kappa shape index (κ1) is 11.2. The molecule has 4 atom stereocenters. The van der Waals surface area contributed by atoms with Gasteiger partial charge in [-0.1, -0.05) is 0 Å². The molecule has 0 aromatic carbocycles. The zero-order valence-corrected chi connectivity index (χ0v) is 10.3. The van der Waals surface area contributed by atoms with Crippen LogP contribution in [0.3, 0.4) is 0 Å². The Morgan fingerprint density at radius 3 is 3.00 bits per heavy atom. The number of epoxide rings is 1. The Kier molecular flexibility index (Phi) is 2.29. The van der Waals surface area contributed by atoms with Gasteiger partial charge < -0.3 is 23.9 Å². The van der Waals surface area contributed by atoms with Gasteiger partial charge in [0, 0.05) is 6.20 Å². The van der Waals surface area contributed by atoms with Gasteiger partial charge in [0.15, 0.2) is 6.23 Å². The zero-order chi connectivity index (χ0) is 13.0. The number of nitrogens with zero attached hydrogens (tertiary/aromatic N) is 3. The van der Waals surface area contributed by atoms with Crippen LogP contribution in [-0.2, 0) is 9.47 Å². The third-order valence-corrected chi connectivity index (χ3v) is 3.64. The Morgan fingerprint density at radius 1 is 1.37 bits per heavy atom. The summed E-state index contributed by atoms with van der Waals surface area (Å²) in [6, 6.07) is 1.89. The molecule has 0 amide bonds. The number of methoxy groups -OCH3 is 1. The maximum absolute atomic E-state index is 9.21. The summed E-state index contributed by atoms with van der Waals surface area (Å²) in [6.45, 7) is -0.0326. The van der Waals surface area contributed by atoms with Gasteiger partial charge in [-0.05, 0) is 6.07 Å². The van der Waals surface area contributed by atoms with Crippen molar-refractivity contribution in [2.24, 2.45) is 0 Å². The van der Waals surface area contributed by atoms with Gasteiger partial charge in [0.25, 0.3) is 0 Å². The number of rotatable bonds is 3. The standard InChI is InChI=1S/C12H13N3O4/c1-17-11-6-2-3-15(10(6)13-5-14-11)12-9-8(19-9)7(4-16)18-12/h2-3,5,7-9,12,16H,4H2,1H3/t7-,8-,9-,12-/m1/s1. The molecule has 0 saturated carbocycles. The molecular formula is C12H13N3O4. The van der Waals surface area contributed by atoms with Crippen molar-refractivity contribution in [2.75, 3.05) is 13.7 Å². The normalized spacial score (nSPS) is 32.5. The van der Waals surface area contributed by atoms with E-state index in [0.29, 0.717) is 5.88 Å². The summed E-state index contributed by atoms with van der Waals surface area (Å²) in [7, 11) is 1.58. The van der Waals surface area contributed by atoms with E-state index in [1.54, 1.807) is 7.11 Å². The maximum atomic E-state index is 9.21. The molecule has 0 bridgehead atoms. The molecule has 2 saturated heterocycles. The molecule has 7 nitrogen and oxygen atoms in total. The summed E-state index contributed by atoms with van der Waals surface area (Å²) in [6.07, 6.45) is 2.83. The molecule has 1 N–H and O–H groups in total. The molecule has 4 rings (SSSR count). The lowest BCUT2D eigenvalue weighted by Crippen LogP contribution is -2.22. The molecule has 2 aromatic heterocycles. The van der Waals surface area contributed by atoms with E-state index in [0.717, 1.165) is 11.0 Å². The fraction of sp³-hybridized carbons (Fsp3) is 0.500. The van der Waals surface area contributed by atoms with Gasteiger partial charge >= 0.3 is 0 Å². The van der Waals surface area contributed by atoms with Crippen molar-refractivity contribution in [3.05, 3.63) is 18.6 Å². The van der Waals surface area contributed by atoms with Crippen LogP contribution in [0.2, 0.25) is 0 Å². The van der Waals surface area contributed by atoms with Gasteiger partial charge in [-0.15, -0.1) is 0 Å². The lowest BCUT2D eigenvalue weighted by Gasteiger charge is -2.18. The predicted molar refractivity (Wildman–Crippen MR) is 63.7 cm³/mol. The fourth-order valence-corrected chi connectivity index (χ4v) is 2.69. The number of ether oxygens (including phenoxy) is 3. The van der Waals surface area contributed by atoms with Crippen LogP contribution < -0.4 is 4.74 Å². The van der Waals surface area contributed by atoms with Crippen LogP contribution in [0.25, 0.3) is 11.0 Å². The van der Waals surface area contributed by atoms with E-state index in [4.69, 9.17) is 14.2 Å². The molecule has 2 aliphatic heterocycles. The first-order valence-electron chi connectivity index (χ1n) is 6.11. The Bertz CT molecular complexity index is 628. The van der Waals surface area contributed by atoms with E-state index in [1.807, 2.05) is 16.8 Å². The Balaban J connectivity index is 1.76. The number of hydrogen-bond acceptors (Lipinski definition) is 6. The van der Waals surface area contributed by atoms with Gasteiger partial charge in [0.2, 0.25) is 5.88 Å². The van der Waals surface area contributed by atoms with Gasteiger partial charge in [-0.3, -0.25) is 0 Å². The second-order valence-corrected chi connectivity index (χ2v) is 4.66. The second-order valence-electron chi connectivity index (χ2n) is 4.66. The molecule has 4 heterocycles. The Hall–Kier alpha value is -1.70. The van der Waals surface area contributed by atoms with Crippen molar-refractivity contribution in [3.63, 3.8) is 0 Å². The van der Waals surface area contributed by atoms with Crippen LogP contribution >= 0.6 is 0 Å². The summed E-state index contributed by atoms with van der Waals surface area (Å²) in [5.41, 5.74) is 0.740. The highest BCUT2D eigenvalue weighted by Gasteiger charge is 2.58. The minimum Gasteiger partial charge on any atom is -0.480 e. The van der Waals surface area contributed by atoms with Crippen molar-refractivity contribution in [1.29, 1.82) is 0 Å². The molecule has 2 fully saturated rings. The van der Waals surface area contributed by atoms with Crippen LogP contribution in [0.5, 0.6) is 5.88 Å². The van der Waals surface area contributed by atoms with Crippen LogP contribution in [0, 0.1) is 0 Å². The quantitative estimate of drug-likeness (QED) is 0.791. The minimum atomic E-state index is -0.254. The van der Waals surface area contributed by atoms with Crippen LogP contribution in [-0.4, -0.2) is 51.7 Å². The fourth-order valence-electron chi connectivity index (χ4n) is 2.69. The molecule has 0 unspecified atom stereocenters. The van der Waals surface area contributed by atoms with Gasteiger partial charge in [-0.2, -0.15) is 0 Å². The van der Waals surface area contributed by atoms with E-state index in [2.05, 4.69) is 9.97 Å². The summed E-state index contributed by atoms with van der Waals surface area (Å²) in [4.78, 5) is 8.34. The average molecular weight is 263 g/mol. The van der Waals surface area contributed by atoms with E-state index in [-0.39, 0.29) is 31.1 Å². The molecule has 0 spiro atoms. The second kappa shape index (κ2) is 3.89. The Labute approximate surface area is 108 Å². The summed E-state index contributed by atoms with van der Waals surface area (Å²) in [5.74, 6) is 0.536. The van der Waals surface area contributed by atoms with Gasteiger partial charge in [0.05, 0.1) is 19.1 Å². The van der Waals surface area contributed by atoms with Crippen molar-refractivity contribution >= 4 is 11.0 Å². The lowest BCUT2D eigenvalue weighted by atomic mass is 10.2. The molecular weight excluding hydrogens is 250 g/mol. The highest BCUT2D eigenvalue weighted by molar-refractivity contribution is 5.81. The number of aliphatic hydroxyl groups excluding tert-OH is 1. The molecule has 0 radical (unpaired) electrons. The predicted octanol–water partition coefficient (Wildman–Crippen LogP) is 0.0970. The van der Waals surface area contributed by atoms with E-state index < -0.39 is 0 Å². The molecule has 2 aliphatic rings. The molecule has 7 heteroatoms. The van der Waals surface area contributed by atoms with Crippen LogP contribution in [0.1, 0.15) is 6.23 Å². The minimum absolute atomic E-state index is 0.00353. The molecule has 100 valence electrons. The SMILES string of the molecule is COc1ncnc2c1ccn2[C@@H]1O[C@H](CO)[C@H]2O[C@H]21. The number of hydrogen-bond donors (Lipinski definition) is 1. The first-order valence-corrected chi connectivity index (χ1v) is 6.11. The highest BCUT2D eigenvalue weighted by atomic mass is 16.7. The van der Waals surface area contributed by atoms with Crippen molar-refractivity contribution in [2.45, 2.75) is 24.5 Å². The van der Waals surface area contributed by atoms with E-state index >= 15 is 0 Å². The van der Waals surface area contributed by atoms with Gasteiger partial charge in [0.1, 0.15) is 30.3 Å². The van der Waals surface area contributed by atoms with Crippen molar-refractivity contribution < 1.29 is 19.3 Å².